The molecule has 8 unspecified atom stereocenters. The molecule has 1 aromatic carbocycles. The lowest BCUT2D eigenvalue weighted by Crippen LogP contribution is -2.65. The summed E-state index contributed by atoms with van der Waals surface area (Å²) < 4.78 is 0. The Kier molecular flexibility index (Phi) is 6.55. The molecule has 0 saturated heterocycles. The highest BCUT2D eigenvalue weighted by atomic mass is 32.1. The van der Waals surface area contributed by atoms with Crippen molar-refractivity contribution in [3.63, 3.8) is 0 Å². The van der Waals surface area contributed by atoms with Gasteiger partial charge in [-0.1, -0.05) is 63.7 Å². The number of allylic oxidation sites excluding steroid dienone is 2. The molecular weight excluding hydrogens is 542 g/mol. The standard InChI is InChI=1S/C35H45N3O3S/c1-21-24(22-7-9-23(10-8-22)29(39)40)13-16-32(2)25(21)14-17-34(4)28(32)12-11-26-27-6-5-15-35(27,19-18-33(26,34)3)30(41)37-31-38-36-20-42-31/h7-10,13,20-21,25-28H,5-6,11-12,14-19H2,1-4H3,(H,39,40)(H,37,38,41)/t21?,25?,26?,27?,28?,32?,33-,34?,35?/m1/s1. The minimum atomic E-state index is -0.870. The van der Waals surface area contributed by atoms with Crippen LogP contribution in [0.15, 0.2) is 35.9 Å². The molecule has 7 rings (SSSR count). The maximum atomic E-state index is 13.9. The van der Waals surface area contributed by atoms with Crippen molar-refractivity contribution in [2.75, 3.05) is 5.32 Å². The van der Waals surface area contributed by atoms with Gasteiger partial charge in [0.25, 0.3) is 0 Å². The zero-order valence-electron chi connectivity index (χ0n) is 25.5. The highest BCUT2D eigenvalue weighted by Gasteiger charge is 2.69. The number of hydrogen-bond donors (Lipinski definition) is 2. The van der Waals surface area contributed by atoms with Crippen LogP contribution < -0.4 is 5.32 Å². The molecule has 224 valence electrons. The van der Waals surface area contributed by atoms with E-state index in [2.05, 4.69) is 49.3 Å². The molecule has 6 nitrogen and oxygen atoms in total. The van der Waals surface area contributed by atoms with Crippen LogP contribution in [0.25, 0.3) is 5.57 Å². The second-order valence-electron chi connectivity index (χ2n) is 15.1. The van der Waals surface area contributed by atoms with Crippen molar-refractivity contribution in [3.05, 3.63) is 47.0 Å². The Bertz CT molecular complexity index is 1420. The topological polar surface area (TPSA) is 92.2 Å². The minimum Gasteiger partial charge on any atom is -0.478 e. The van der Waals surface area contributed by atoms with Gasteiger partial charge >= 0.3 is 5.97 Å². The van der Waals surface area contributed by atoms with Crippen molar-refractivity contribution in [3.8, 4) is 0 Å². The smallest absolute Gasteiger partial charge is 0.335 e. The molecule has 0 spiro atoms. The van der Waals surface area contributed by atoms with Crippen molar-refractivity contribution in [2.45, 2.75) is 91.9 Å². The Hall–Kier alpha value is -2.54. The van der Waals surface area contributed by atoms with Crippen LogP contribution in [0, 0.1) is 51.2 Å². The highest BCUT2D eigenvalue weighted by molar-refractivity contribution is 7.13. The molecule has 0 radical (unpaired) electrons. The molecule has 2 aromatic rings. The zero-order chi connectivity index (χ0) is 29.5. The molecule has 7 heteroatoms. The molecule has 2 N–H and O–H groups in total. The third-order valence-corrected chi connectivity index (χ3v) is 14.7. The van der Waals surface area contributed by atoms with Crippen LogP contribution in [0.3, 0.4) is 0 Å². The van der Waals surface area contributed by atoms with E-state index in [4.69, 9.17) is 0 Å². The second-order valence-corrected chi connectivity index (χ2v) is 15.9. The number of carboxylic acids is 1. The Morgan fingerprint density at radius 2 is 1.71 bits per heavy atom. The van der Waals surface area contributed by atoms with Crippen LogP contribution in [0.5, 0.6) is 0 Å². The fourth-order valence-corrected chi connectivity index (χ4v) is 12.3. The number of carbonyl (C=O) groups is 2. The fourth-order valence-electron chi connectivity index (χ4n) is 11.8. The number of carboxylic acid groups (broad SMARTS) is 1. The number of carbonyl (C=O) groups excluding carboxylic acids is 1. The first-order valence-corrected chi connectivity index (χ1v) is 17.0. The van der Waals surface area contributed by atoms with Gasteiger partial charge in [-0.2, -0.15) is 0 Å². The Labute approximate surface area is 253 Å². The predicted octanol–water partition coefficient (Wildman–Crippen LogP) is 8.33. The van der Waals surface area contributed by atoms with Crippen molar-refractivity contribution in [1.82, 2.24) is 10.2 Å². The van der Waals surface area contributed by atoms with Gasteiger partial charge in [0, 0.05) is 0 Å². The fraction of sp³-hybridized carbons (Fsp3) is 0.657. The van der Waals surface area contributed by atoms with E-state index in [0.29, 0.717) is 40.3 Å². The number of hydrogen-bond acceptors (Lipinski definition) is 5. The van der Waals surface area contributed by atoms with E-state index in [1.165, 1.54) is 54.6 Å². The summed E-state index contributed by atoms with van der Waals surface area (Å²) in [5, 5.41) is 21.2. The summed E-state index contributed by atoms with van der Waals surface area (Å²) in [5.74, 6) is 2.12. The number of rotatable bonds is 4. The van der Waals surface area contributed by atoms with E-state index < -0.39 is 5.97 Å². The van der Waals surface area contributed by atoms with Crippen LogP contribution in [-0.2, 0) is 4.79 Å². The Morgan fingerprint density at radius 3 is 2.43 bits per heavy atom. The van der Waals surface area contributed by atoms with Crippen molar-refractivity contribution in [1.29, 1.82) is 0 Å². The normalized spacial score (nSPS) is 42.4. The molecule has 1 aromatic heterocycles. The average Bonchev–Trinajstić information content (AvgIpc) is 3.64. The summed E-state index contributed by atoms with van der Waals surface area (Å²) in [4.78, 5) is 25.3. The molecule has 0 bridgehead atoms. The molecule has 4 saturated carbocycles. The molecular formula is C35H45N3O3S. The van der Waals surface area contributed by atoms with Crippen LogP contribution >= 0.6 is 11.3 Å². The Balaban J connectivity index is 1.17. The molecule has 42 heavy (non-hydrogen) atoms. The number of anilines is 1. The monoisotopic (exact) mass is 587 g/mol. The SMILES string of the molecule is CC1C(c2ccc(C(=O)O)cc2)=CCC2(C)C1CCC1(C)C2CCC2C3CCCC3(C(=O)Nc3nncs3)CC[C@]21C. The van der Waals surface area contributed by atoms with Gasteiger partial charge in [0.2, 0.25) is 11.0 Å². The molecule has 1 heterocycles. The maximum absolute atomic E-state index is 13.9. The molecule has 5 aliphatic carbocycles. The first-order valence-electron chi connectivity index (χ1n) is 16.1. The molecule has 4 fully saturated rings. The predicted molar refractivity (Wildman–Crippen MR) is 166 cm³/mol. The highest BCUT2D eigenvalue weighted by Crippen LogP contribution is 2.76. The summed E-state index contributed by atoms with van der Waals surface area (Å²) >= 11 is 1.41. The molecule has 9 atom stereocenters. The van der Waals surface area contributed by atoms with Crippen molar-refractivity contribution >= 4 is 33.9 Å². The number of amides is 1. The van der Waals surface area contributed by atoms with Crippen molar-refractivity contribution in [2.24, 2.45) is 51.2 Å². The van der Waals surface area contributed by atoms with Gasteiger partial charge in [0.05, 0.1) is 11.0 Å². The largest absolute Gasteiger partial charge is 0.478 e. The summed E-state index contributed by atoms with van der Waals surface area (Å²) in [5.41, 5.74) is 5.11. The van der Waals surface area contributed by atoms with Gasteiger partial charge in [-0.15, -0.1) is 10.2 Å². The lowest BCUT2D eigenvalue weighted by Gasteiger charge is -2.71. The first kappa shape index (κ1) is 28.2. The average molecular weight is 588 g/mol. The number of benzene rings is 1. The Morgan fingerprint density at radius 1 is 0.929 bits per heavy atom. The summed E-state index contributed by atoms with van der Waals surface area (Å²) in [6.45, 7) is 10.3. The number of nitrogens with one attached hydrogen (secondary N) is 1. The van der Waals surface area contributed by atoms with Gasteiger partial charge in [0.1, 0.15) is 5.51 Å². The van der Waals surface area contributed by atoms with Gasteiger partial charge in [0.15, 0.2) is 0 Å². The summed E-state index contributed by atoms with van der Waals surface area (Å²) in [6, 6.07) is 7.51. The quantitative estimate of drug-likeness (QED) is 0.375. The van der Waals surface area contributed by atoms with E-state index in [1.807, 2.05) is 12.1 Å². The molecule has 0 aliphatic heterocycles. The van der Waals surface area contributed by atoms with Gasteiger partial charge in [-0.05, 0) is 127 Å². The third-order valence-electron chi connectivity index (χ3n) is 14.1. The van der Waals surface area contributed by atoms with Crippen LogP contribution in [0.2, 0.25) is 0 Å². The van der Waals surface area contributed by atoms with Gasteiger partial charge in [-0.3, -0.25) is 4.79 Å². The minimum absolute atomic E-state index is 0.196. The number of aromatic carboxylic acids is 1. The third kappa shape index (κ3) is 3.80. The molecule has 1 amide bonds. The van der Waals surface area contributed by atoms with E-state index in [9.17, 15) is 14.7 Å². The van der Waals surface area contributed by atoms with E-state index in [-0.39, 0.29) is 27.6 Å². The van der Waals surface area contributed by atoms with Crippen LogP contribution in [0.1, 0.15) is 108 Å². The first-order chi connectivity index (χ1) is 20.0. The summed E-state index contributed by atoms with van der Waals surface area (Å²) in [7, 11) is 0. The second kappa shape index (κ2) is 9.73. The van der Waals surface area contributed by atoms with Gasteiger partial charge < -0.3 is 10.4 Å². The van der Waals surface area contributed by atoms with Crippen LogP contribution in [-0.4, -0.2) is 27.2 Å². The lowest BCUT2D eigenvalue weighted by atomic mass is 9.33. The maximum Gasteiger partial charge on any atom is 0.335 e. The van der Waals surface area contributed by atoms with Gasteiger partial charge in [-0.25, -0.2) is 4.79 Å². The number of fused-ring (bicyclic) bond motifs is 7. The zero-order valence-corrected chi connectivity index (χ0v) is 26.3. The van der Waals surface area contributed by atoms with Crippen LogP contribution in [0.4, 0.5) is 5.13 Å². The number of nitrogens with zero attached hydrogens (tertiary/aromatic N) is 2. The van der Waals surface area contributed by atoms with E-state index in [1.54, 1.807) is 17.6 Å². The summed E-state index contributed by atoms with van der Waals surface area (Å²) in [6.07, 6.45) is 14.1. The van der Waals surface area contributed by atoms with Crippen molar-refractivity contribution < 1.29 is 14.7 Å². The van der Waals surface area contributed by atoms with E-state index in [0.717, 1.165) is 32.1 Å². The molecule has 5 aliphatic rings. The number of aromatic nitrogens is 2. The lowest BCUT2D eigenvalue weighted by molar-refractivity contribution is -0.216. The van der Waals surface area contributed by atoms with E-state index >= 15 is 0 Å².